The fourth-order valence-corrected chi connectivity index (χ4v) is 21.2. The molecule has 18 amide bonds. The van der Waals surface area contributed by atoms with E-state index in [0.717, 1.165) is 61.6 Å². The monoisotopic (exact) mass is 2010 g/mol. The van der Waals surface area contributed by atoms with Crippen LogP contribution in [0.1, 0.15) is 247 Å². The summed E-state index contributed by atoms with van der Waals surface area (Å²) in [6, 6.07) is 4.90. The molecule has 39 nitrogen and oxygen atoms in total. The summed E-state index contributed by atoms with van der Waals surface area (Å²) in [6.45, 7) is 47.2. The minimum atomic E-state index is -1.11. The fourth-order valence-electron chi connectivity index (χ4n) is 21.2. The van der Waals surface area contributed by atoms with Crippen LogP contribution in [0.5, 0.6) is 0 Å². The number of urea groups is 3. The van der Waals surface area contributed by atoms with Gasteiger partial charge in [0.15, 0.2) is 0 Å². The molecule has 9 fully saturated rings. The number of hydrogen-bond donors (Lipinski definition) is 15. The van der Waals surface area contributed by atoms with E-state index in [1.807, 2.05) is 200 Å². The average molecular weight is 2010 g/mol. The average Bonchev–Trinajstić information content (AvgIpc) is 1.53. The molecule has 18 N–H and O–H groups in total. The Morgan fingerprint density at radius 2 is 0.694 bits per heavy atom. The van der Waals surface area contributed by atoms with Crippen molar-refractivity contribution in [2.24, 2.45) is 120 Å². The number of alkyl carbamates (subject to hydrolysis) is 3. The molecule has 0 bridgehead atoms. The molecule has 3 heterocycles. The largest absolute Gasteiger partial charge is 0.447 e. The Bertz CT molecular complexity index is 5070. The third-order valence-corrected chi connectivity index (χ3v) is 31.3. The molecule has 3 aliphatic heterocycles. The molecular formula is C105H162N18O21. The first-order valence-electron chi connectivity index (χ1n) is 51.2. The number of carbonyl (C=O) groups excluding carboxylic acids is 18. The van der Waals surface area contributed by atoms with Crippen LogP contribution in [-0.2, 0) is 91.1 Å². The molecule has 0 spiro atoms. The Morgan fingerprint density at radius 1 is 0.382 bits per heavy atom. The van der Waals surface area contributed by atoms with Gasteiger partial charge < -0.3 is 110 Å². The molecule has 0 radical (unpaired) electrons. The molecule has 7 aliphatic carbocycles. The maximum Gasteiger partial charge on any atom is 0.407 e. The van der Waals surface area contributed by atoms with Crippen LogP contribution in [0.15, 0.2) is 54.6 Å². The van der Waals surface area contributed by atoms with Gasteiger partial charge in [0.2, 0.25) is 52.8 Å². The van der Waals surface area contributed by atoms with Gasteiger partial charge >= 0.3 is 36.4 Å². The lowest BCUT2D eigenvalue weighted by Gasteiger charge is -2.38. The Kier molecular flexibility index (Phi) is 36.1. The first-order chi connectivity index (χ1) is 66.8. The number of fused-ring (bicyclic) bond motifs is 4. The summed E-state index contributed by atoms with van der Waals surface area (Å²) in [5.41, 5.74) is 15.5. The zero-order valence-corrected chi connectivity index (χ0v) is 88.8. The first kappa shape index (κ1) is 114. The number of nitrogens with zero attached hydrogens (tertiary/aromatic N) is 3. The van der Waals surface area contributed by atoms with Crippen LogP contribution in [0.2, 0.25) is 0 Å². The molecule has 2 aromatic rings. The number of primary amides is 3. The normalized spacial score (nSPS) is 23.6. The highest BCUT2D eigenvalue weighted by atomic mass is 16.6. The van der Waals surface area contributed by atoms with Crippen molar-refractivity contribution in [1.82, 2.24) is 78.5 Å². The highest BCUT2D eigenvalue weighted by molar-refractivity contribution is 6.39. The molecule has 2 aromatic carbocycles. The summed E-state index contributed by atoms with van der Waals surface area (Å²) in [6.07, 6.45) is 6.81. The van der Waals surface area contributed by atoms with Gasteiger partial charge in [-0.25, -0.2) is 28.8 Å². The van der Waals surface area contributed by atoms with Crippen LogP contribution in [0.3, 0.4) is 0 Å². The second-order valence-corrected chi connectivity index (χ2v) is 49.0. The summed E-state index contributed by atoms with van der Waals surface area (Å²) >= 11 is 0. The maximum absolute atomic E-state index is 14.7. The van der Waals surface area contributed by atoms with Crippen LogP contribution in [-0.4, -0.2) is 246 Å². The van der Waals surface area contributed by atoms with Gasteiger partial charge in [0.1, 0.15) is 56.1 Å². The smallest absolute Gasteiger partial charge is 0.407 e. The number of amides is 18. The van der Waals surface area contributed by atoms with Crippen LogP contribution in [0.4, 0.5) is 28.8 Å². The van der Waals surface area contributed by atoms with E-state index < -0.39 is 201 Å². The van der Waals surface area contributed by atoms with E-state index in [9.17, 15) is 86.3 Å². The number of nitrogens with two attached hydrogens (primary N) is 3. The lowest BCUT2D eigenvalue weighted by Crippen LogP contribution is -2.62. The van der Waals surface area contributed by atoms with Crippen molar-refractivity contribution in [2.45, 2.75) is 328 Å². The van der Waals surface area contributed by atoms with Crippen molar-refractivity contribution in [1.29, 1.82) is 0 Å². The molecule has 3 unspecified atom stereocenters. The second-order valence-electron chi connectivity index (χ2n) is 49.0. The van der Waals surface area contributed by atoms with Gasteiger partial charge in [0, 0.05) is 38.8 Å². The van der Waals surface area contributed by atoms with Gasteiger partial charge in [-0.2, -0.15) is 0 Å². The number of hydrogen-bond acceptors (Lipinski definition) is 21. The van der Waals surface area contributed by atoms with Gasteiger partial charge in [0.05, 0.1) is 36.3 Å². The van der Waals surface area contributed by atoms with Gasteiger partial charge in [-0.3, -0.25) is 57.5 Å². The Hall–Kier alpha value is -11.7. The molecule has 0 aromatic heterocycles. The second kappa shape index (κ2) is 45.5. The molecule has 144 heavy (non-hydrogen) atoms. The number of carbonyl (C=O) groups is 18. The molecule has 798 valence electrons. The van der Waals surface area contributed by atoms with Crippen molar-refractivity contribution < 1.29 is 101 Å². The van der Waals surface area contributed by atoms with Crippen LogP contribution >= 0.6 is 0 Å². The van der Waals surface area contributed by atoms with Gasteiger partial charge in [-0.05, 0) is 172 Å². The zero-order valence-electron chi connectivity index (χ0n) is 88.8. The summed E-state index contributed by atoms with van der Waals surface area (Å²) in [5.74, 6) is -8.35. The predicted molar refractivity (Wildman–Crippen MR) is 535 cm³/mol. The number of nitrogens with one attached hydrogen (secondary N) is 12. The minimum Gasteiger partial charge on any atom is -0.447 e. The lowest BCUT2D eigenvalue weighted by atomic mass is 9.80. The number of rotatable bonds is 38. The molecule has 39 heteroatoms. The molecular weight excluding hydrogens is 1850 g/mol. The third kappa shape index (κ3) is 29.0. The number of piperidine rings is 3. The highest BCUT2D eigenvalue weighted by Crippen LogP contribution is 2.67. The Labute approximate surface area is 847 Å². The van der Waals surface area contributed by atoms with Gasteiger partial charge in [0.25, 0.3) is 17.7 Å². The Balaban J connectivity index is 0.000000222. The minimum absolute atomic E-state index is 0.0609. The van der Waals surface area contributed by atoms with Crippen LogP contribution < -0.4 is 81.0 Å². The summed E-state index contributed by atoms with van der Waals surface area (Å²) in [7, 11) is 0. The van der Waals surface area contributed by atoms with Crippen molar-refractivity contribution in [3.05, 3.63) is 71.3 Å². The van der Waals surface area contributed by atoms with E-state index in [-0.39, 0.29) is 107 Å². The summed E-state index contributed by atoms with van der Waals surface area (Å²) < 4.78 is 16.2. The number of benzene rings is 2. The highest BCUT2D eigenvalue weighted by Gasteiger charge is 2.73. The molecule has 6 saturated carbocycles. The number of ether oxygens (including phenoxy) is 3. The summed E-state index contributed by atoms with van der Waals surface area (Å²) in [5, 5.41) is 33.6. The molecule has 18 atom stereocenters. The van der Waals surface area contributed by atoms with E-state index in [0.29, 0.717) is 64.8 Å². The van der Waals surface area contributed by atoms with E-state index in [2.05, 4.69) is 77.6 Å². The zero-order chi connectivity index (χ0) is 107. The number of Topliss-reactive ketones (excluding diaryl/α,β-unsaturated/α-hetero) is 3. The number of ketones is 3. The van der Waals surface area contributed by atoms with E-state index in [4.69, 9.17) is 31.4 Å². The van der Waals surface area contributed by atoms with Gasteiger partial charge in [-0.1, -0.05) is 245 Å². The predicted octanol–water partition coefficient (Wildman–Crippen LogP) is 7.38. The standard InChI is InChI=1S/C37H54N6O7.C36H54N6O7.C32H54N6O7/c1-7-39-35(49)50-19-26(36(2,3)4)41-34(48)42-28(23-16-21-13-8-9-14-22(21)17-23)33(47)43-18-24-27(37(24,5)6)29(43)32(46)40-25(30(44)31(38)45)15-20-11-10-12-20;1-34(2,3)24(19-49-33(48)38-17-21-12-10-9-11-13-21)40-32(47)41-28(35(4,5)6)31(46)42-18-22-25(36(22,7)8)26(42)30(45)39-23(16-20-14-15-20)27(43)29(37)44;1-16(2)34-29(44)45-15-20(30(3,4)5)36-28(43)37-24(31(6,7)8)27(42)38-14-18-21(32(18,9)10)22(38)26(41)35-19(13-17-11-12-17)23(39)25(33)40/h8-9,13-14,20,23-29H,7,10-12,15-19H2,1-6H3,(H2,38,45)(H,39,49)(H,40,46)(H2,41,42,48);9-13,20,22-26,28H,14-19H2,1-8H3,(H2,37,44)(H,38,48)(H,39,45)(H2,40,41,47);16-22,24H,11-15H2,1-10H3,(H2,33,40)(H,34,44)(H,35,41)(H2,36,37,43)/t24-,25?,26+,27-,28-,29-;22-,23?,24+,25-,26-,28+;18-,19?,20+,21-,22-,24+/m000/s1. The van der Waals surface area contributed by atoms with Crippen LogP contribution in [0.25, 0.3) is 0 Å². The first-order valence-corrected chi connectivity index (χ1v) is 51.2. The van der Waals surface area contributed by atoms with Crippen LogP contribution in [0, 0.1) is 102 Å². The number of likely N-dealkylation sites (tertiary alicyclic amines) is 3. The fraction of sp³-hybridized carbons (Fsp3) is 0.714. The molecule has 12 rings (SSSR count). The van der Waals surface area contributed by atoms with Crippen molar-refractivity contribution in [3.8, 4) is 0 Å². The third-order valence-electron chi connectivity index (χ3n) is 31.3. The lowest BCUT2D eigenvalue weighted by molar-refractivity contribution is -0.145. The molecule has 3 saturated heterocycles. The van der Waals surface area contributed by atoms with E-state index >= 15 is 0 Å². The van der Waals surface area contributed by atoms with Gasteiger partial charge in [-0.15, -0.1) is 0 Å². The maximum atomic E-state index is 14.7. The van der Waals surface area contributed by atoms with E-state index in [1.165, 1.54) is 9.80 Å². The Morgan fingerprint density at radius 3 is 0.993 bits per heavy atom. The van der Waals surface area contributed by atoms with Crippen molar-refractivity contribution >= 4 is 107 Å². The summed E-state index contributed by atoms with van der Waals surface area (Å²) in [4.78, 5) is 240. The SMILES string of the molecule is CC(C)(C)[C@H](NC(=O)N[C@H](COC(=O)NCc1ccccc1)C(C)(C)C)C(=O)N1C[C@H]2[C@@H]([C@H]1C(=O)NC(CC1CC1)C(=O)C(N)=O)C2(C)C.CC(C)NC(=O)OC[C@@H](NC(=O)N[C@H](C(=O)N1C[C@H]2[C@@H]([C@H]1C(=O)NC(CC1CC1)C(=O)C(N)=O)C2(C)C)C(C)(C)C)C(C)(C)C.CCNC(=O)OC[C@@H](NC(=O)N[C@H](C(=O)N1C[C@H]2[C@@H]([C@H]1C(=O)NC(CC1CCC1)C(=O)C(N)=O)C2(C)C)C1Cc2ccccc2C1)C(C)(C)C. The quantitative estimate of drug-likeness (QED) is 0.0230. The van der Waals surface area contributed by atoms with E-state index in [1.54, 1.807) is 11.8 Å². The topological polar surface area (TPSA) is 567 Å². The van der Waals surface area contributed by atoms with Crippen molar-refractivity contribution in [2.75, 3.05) is 46.0 Å². The van der Waals surface area contributed by atoms with Crippen molar-refractivity contribution in [3.63, 3.8) is 0 Å². The molecule has 10 aliphatic rings.